The van der Waals surface area contributed by atoms with Gasteiger partial charge in [-0.25, -0.2) is 10.9 Å². The van der Waals surface area contributed by atoms with Crippen LogP contribution in [0.2, 0.25) is 0 Å². The molecular formula is C8H21N3. The number of rotatable bonds is 2. The highest BCUT2D eigenvalue weighted by Crippen LogP contribution is 1.97. The first-order valence-corrected chi connectivity index (χ1v) is 4.00. The van der Waals surface area contributed by atoms with Crippen molar-refractivity contribution in [2.75, 3.05) is 0 Å². The van der Waals surface area contributed by atoms with Gasteiger partial charge in [0.05, 0.1) is 0 Å². The first kappa shape index (κ1) is 10.9. The summed E-state index contributed by atoms with van der Waals surface area (Å²) < 4.78 is 0. The van der Waals surface area contributed by atoms with Crippen LogP contribution in [0.15, 0.2) is 0 Å². The Bertz CT molecular complexity index is 93.5. The Balaban J connectivity index is 3.44. The third kappa shape index (κ3) is 9.88. The van der Waals surface area contributed by atoms with E-state index in [0.717, 1.165) is 0 Å². The summed E-state index contributed by atoms with van der Waals surface area (Å²) in [5.74, 6) is 0. The molecule has 0 amide bonds. The Kier molecular flexibility index (Phi) is 3.48. The van der Waals surface area contributed by atoms with E-state index < -0.39 is 0 Å². The van der Waals surface area contributed by atoms with Crippen molar-refractivity contribution in [3.05, 3.63) is 0 Å². The van der Waals surface area contributed by atoms with Crippen LogP contribution in [0.1, 0.15) is 41.5 Å². The van der Waals surface area contributed by atoms with E-state index in [-0.39, 0.29) is 11.1 Å². The molecule has 0 fully saturated rings. The monoisotopic (exact) mass is 159 g/mol. The van der Waals surface area contributed by atoms with Crippen LogP contribution in [0.4, 0.5) is 0 Å². The predicted molar refractivity (Wildman–Crippen MR) is 48.9 cm³/mol. The van der Waals surface area contributed by atoms with Crippen molar-refractivity contribution < 1.29 is 0 Å². The topological polar surface area (TPSA) is 36.1 Å². The smallest absolute Gasteiger partial charge is 0.0252 e. The van der Waals surface area contributed by atoms with Crippen LogP contribution in [0.25, 0.3) is 0 Å². The second-order valence-corrected chi connectivity index (χ2v) is 4.88. The Morgan fingerprint density at radius 1 is 0.636 bits per heavy atom. The van der Waals surface area contributed by atoms with Crippen molar-refractivity contribution in [2.45, 2.75) is 52.6 Å². The number of hydrazine groups is 2. The molecule has 0 radical (unpaired) electrons. The van der Waals surface area contributed by atoms with Gasteiger partial charge in [-0.1, -0.05) is 0 Å². The van der Waals surface area contributed by atoms with Gasteiger partial charge in [0, 0.05) is 11.1 Å². The maximum atomic E-state index is 3.12. The molecular weight excluding hydrogens is 138 g/mol. The van der Waals surface area contributed by atoms with Gasteiger partial charge < -0.3 is 0 Å². The van der Waals surface area contributed by atoms with Gasteiger partial charge in [0.2, 0.25) is 0 Å². The highest BCUT2D eigenvalue weighted by Gasteiger charge is 2.11. The first-order chi connectivity index (χ1) is 4.71. The van der Waals surface area contributed by atoms with Crippen molar-refractivity contribution in [3.8, 4) is 0 Å². The molecule has 0 spiro atoms. The van der Waals surface area contributed by atoms with Gasteiger partial charge in [-0.15, -0.1) is 0 Å². The van der Waals surface area contributed by atoms with Crippen molar-refractivity contribution in [2.24, 2.45) is 0 Å². The van der Waals surface area contributed by atoms with Crippen LogP contribution in [0.3, 0.4) is 0 Å². The molecule has 11 heavy (non-hydrogen) atoms. The van der Waals surface area contributed by atoms with E-state index in [1.807, 2.05) is 0 Å². The van der Waals surface area contributed by atoms with Crippen molar-refractivity contribution in [1.82, 2.24) is 16.4 Å². The molecule has 0 aromatic carbocycles. The predicted octanol–water partition coefficient (Wildman–Crippen LogP) is 1.18. The average Bonchev–Trinajstić information content (AvgIpc) is 1.55. The minimum absolute atomic E-state index is 0.0955. The third-order valence-corrected chi connectivity index (χ3v) is 0.875. The molecule has 0 aliphatic carbocycles. The summed E-state index contributed by atoms with van der Waals surface area (Å²) in [5.41, 5.74) is 9.39. The number of nitrogens with one attached hydrogen (secondary N) is 3. The standard InChI is InChI=1S/C8H21N3/c1-7(2,3)9-11-10-8(4,5)6/h9-11H,1-6H3. The van der Waals surface area contributed by atoms with Gasteiger partial charge in [-0.3, -0.25) is 0 Å². The molecule has 0 aromatic heterocycles. The maximum Gasteiger partial charge on any atom is 0.0252 e. The normalized spacial score (nSPS) is 13.6. The summed E-state index contributed by atoms with van der Waals surface area (Å²) in [6.45, 7) is 12.6. The molecule has 0 aliphatic heterocycles. The first-order valence-electron chi connectivity index (χ1n) is 4.00. The van der Waals surface area contributed by atoms with E-state index in [1.165, 1.54) is 0 Å². The Labute approximate surface area is 69.9 Å². The van der Waals surface area contributed by atoms with Crippen LogP contribution in [0, 0.1) is 0 Å². The zero-order chi connectivity index (χ0) is 9.12. The molecule has 0 saturated carbocycles. The molecule has 0 saturated heterocycles. The maximum absolute atomic E-state index is 3.12. The SMILES string of the molecule is CC(C)(C)NNNC(C)(C)C. The van der Waals surface area contributed by atoms with Gasteiger partial charge in [-0.05, 0) is 41.5 Å². The Morgan fingerprint density at radius 2 is 0.909 bits per heavy atom. The largest absolute Gasteiger partial charge is 0.239 e. The van der Waals surface area contributed by atoms with Crippen LogP contribution in [0.5, 0.6) is 0 Å². The van der Waals surface area contributed by atoms with Crippen molar-refractivity contribution in [1.29, 1.82) is 0 Å². The average molecular weight is 159 g/mol. The van der Waals surface area contributed by atoms with E-state index in [4.69, 9.17) is 0 Å². The quantitative estimate of drug-likeness (QED) is 0.530. The van der Waals surface area contributed by atoms with Crippen molar-refractivity contribution >= 4 is 0 Å². The summed E-state index contributed by atoms with van der Waals surface area (Å²) in [4.78, 5) is 0. The lowest BCUT2D eigenvalue weighted by Crippen LogP contribution is -2.57. The molecule has 0 bridgehead atoms. The zero-order valence-corrected chi connectivity index (χ0v) is 8.50. The molecule has 68 valence electrons. The second-order valence-electron chi connectivity index (χ2n) is 4.88. The minimum atomic E-state index is 0.0955. The molecule has 0 heterocycles. The molecule has 3 heteroatoms. The summed E-state index contributed by atoms with van der Waals surface area (Å²) in [7, 11) is 0. The lowest BCUT2D eigenvalue weighted by molar-refractivity contribution is 0.256. The second kappa shape index (κ2) is 3.52. The van der Waals surface area contributed by atoms with Crippen LogP contribution in [-0.2, 0) is 0 Å². The lowest BCUT2D eigenvalue weighted by atomic mass is 10.1. The van der Waals surface area contributed by atoms with Crippen LogP contribution in [-0.4, -0.2) is 11.1 Å². The third-order valence-electron chi connectivity index (χ3n) is 0.875. The van der Waals surface area contributed by atoms with E-state index >= 15 is 0 Å². The summed E-state index contributed by atoms with van der Waals surface area (Å²) in [6, 6.07) is 0. The minimum Gasteiger partial charge on any atom is -0.239 e. The van der Waals surface area contributed by atoms with E-state index in [2.05, 4.69) is 57.9 Å². The van der Waals surface area contributed by atoms with Crippen LogP contribution < -0.4 is 16.4 Å². The Morgan fingerprint density at radius 3 is 1.09 bits per heavy atom. The molecule has 0 aromatic rings. The molecule has 0 unspecified atom stereocenters. The molecule has 0 atom stereocenters. The molecule has 0 rings (SSSR count). The van der Waals surface area contributed by atoms with E-state index in [0.29, 0.717) is 0 Å². The van der Waals surface area contributed by atoms with Gasteiger partial charge in [0.15, 0.2) is 0 Å². The van der Waals surface area contributed by atoms with Crippen LogP contribution >= 0.6 is 0 Å². The van der Waals surface area contributed by atoms with E-state index in [9.17, 15) is 0 Å². The zero-order valence-electron chi connectivity index (χ0n) is 8.50. The fraction of sp³-hybridized carbons (Fsp3) is 1.00. The number of hydrogen-bond donors (Lipinski definition) is 3. The highest BCUT2D eigenvalue weighted by molar-refractivity contribution is 4.69. The summed E-state index contributed by atoms with van der Waals surface area (Å²) in [5, 5.41) is 0. The fourth-order valence-electron chi connectivity index (χ4n) is 0.406. The molecule has 3 N–H and O–H groups in total. The molecule has 0 aliphatic rings. The van der Waals surface area contributed by atoms with Crippen molar-refractivity contribution in [3.63, 3.8) is 0 Å². The Hall–Kier alpha value is -0.120. The van der Waals surface area contributed by atoms with Gasteiger partial charge in [-0.2, -0.15) is 5.53 Å². The summed E-state index contributed by atoms with van der Waals surface area (Å²) in [6.07, 6.45) is 0. The molecule has 3 nitrogen and oxygen atoms in total. The van der Waals surface area contributed by atoms with E-state index in [1.54, 1.807) is 0 Å². The van der Waals surface area contributed by atoms with Gasteiger partial charge >= 0.3 is 0 Å². The summed E-state index contributed by atoms with van der Waals surface area (Å²) >= 11 is 0. The van der Waals surface area contributed by atoms with Gasteiger partial charge in [0.1, 0.15) is 0 Å². The van der Waals surface area contributed by atoms with Gasteiger partial charge in [0.25, 0.3) is 0 Å². The lowest BCUT2D eigenvalue weighted by Gasteiger charge is -2.26. The fourth-order valence-corrected chi connectivity index (χ4v) is 0.406. The highest BCUT2D eigenvalue weighted by atomic mass is 15.6. The number of hydrogen-bond acceptors (Lipinski definition) is 3.